The van der Waals surface area contributed by atoms with Crippen molar-refractivity contribution in [1.29, 1.82) is 0 Å². The van der Waals surface area contributed by atoms with Crippen molar-refractivity contribution in [3.63, 3.8) is 0 Å². The molecule has 144 valence electrons. The fraction of sp³-hybridized carbons (Fsp3) is 0.273. The molecule has 1 aliphatic rings. The van der Waals surface area contributed by atoms with Crippen LogP contribution in [-0.2, 0) is 6.54 Å². The Balaban J connectivity index is 1.60. The summed E-state index contributed by atoms with van der Waals surface area (Å²) >= 11 is 5.98. The highest BCUT2D eigenvalue weighted by atomic mass is 35.5. The molecule has 0 radical (unpaired) electrons. The number of hydrogen-bond acceptors (Lipinski definition) is 5. The van der Waals surface area contributed by atoms with E-state index in [1.165, 1.54) is 0 Å². The van der Waals surface area contributed by atoms with Gasteiger partial charge in [-0.15, -0.1) is 0 Å². The summed E-state index contributed by atoms with van der Waals surface area (Å²) in [5.41, 5.74) is 3.18. The lowest BCUT2D eigenvalue weighted by atomic mass is 10.1. The van der Waals surface area contributed by atoms with Gasteiger partial charge in [-0.25, -0.2) is 4.98 Å². The molecule has 6 heteroatoms. The molecule has 0 atom stereocenters. The summed E-state index contributed by atoms with van der Waals surface area (Å²) < 4.78 is 0. The molecule has 4 rings (SSSR count). The van der Waals surface area contributed by atoms with Crippen LogP contribution in [-0.4, -0.2) is 48.1 Å². The van der Waals surface area contributed by atoms with Crippen molar-refractivity contribution in [2.45, 2.75) is 6.54 Å². The highest BCUT2D eigenvalue weighted by Crippen LogP contribution is 2.24. The number of halogens is 1. The van der Waals surface area contributed by atoms with Gasteiger partial charge in [0.05, 0.1) is 5.69 Å². The van der Waals surface area contributed by atoms with Crippen LogP contribution >= 0.6 is 11.6 Å². The Labute approximate surface area is 171 Å². The Hall–Kier alpha value is -2.63. The predicted octanol–water partition coefficient (Wildman–Crippen LogP) is 4.16. The molecule has 0 amide bonds. The van der Waals surface area contributed by atoms with Crippen LogP contribution in [0.2, 0.25) is 5.02 Å². The van der Waals surface area contributed by atoms with E-state index < -0.39 is 0 Å². The van der Waals surface area contributed by atoms with Crippen molar-refractivity contribution < 1.29 is 0 Å². The molecule has 1 aliphatic heterocycles. The molecule has 0 unspecified atom stereocenters. The van der Waals surface area contributed by atoms with Gasteiger partial charge in [0.2, 0.25) is 5.95 Å². The van der Waals surface area contributed by atoms with Crippen LogP contribution in [0.15, 0.2) is 60.7 Å². The average molecular weight is 394 g/mol. The Bertz CT molecular complexity index is 906. The minimum atomic E-state index is 0.685. The van der Waals surface area contributed by atoms with Gasteiger partial charge < -0.3 is 15.1 Å². The number of piperazine rings is 1. The molecule has 2 heterocycles. The monoisotopic (exact) mass is 393 g/mol. The highest BCUT2D eigenvalue weighted by Gasteiger charge is 2.18. The standard InChI is InChI=1S/C22H24ClN5/c1-27-11-13-28(14-12-27)22-25-20(18-5-3-2-4-6-18)15-21(26-22)24-16-17-7-9-19(23)10-8-17/h2-10,15H,11-14,16H2,1H3,(H,24,25,26). The largest absolute Gasteiger partial charge is 0.366 e. The molecule has 0 aliphatic carbocycles. The molecular formula is C22H24ClN5. The Kier molecular flexibility index (Phi) is 5.74. The molecule has 0 saturated carbocycles. The van der Waals surface area contributed by atoms with E-state index >= 15 is 0 Å². The Morgan fingerprint density at radius 2 is 1.64 bits per heavy atom. The van der Waals surface area contributed by atoms with Crippen molar-refractivity contribution in [2.75, 3.05) is 43.4 Å². The van der Waals surface area contributed by atoms with Crippen molar-refractivity contribution >= 4 is 23.4 Å². The maximum atomic E-state index is 5.98. The number of rotatable bonds is 5. The highest BCUT2D eigenvalue weighted by molar-refractivity contribution is 6.30. The van der Waals surface area contributed by atoms with Crippen LogP contribution in [0.1, 0.15) is 5.56 Å². The summed E-state index contributed by atoms with van der Waals surface area (Å²) in [5.74, 6) is 1.62. The van der Waals surface area contributed by atoms with Gasteiger partial charge in [-0.05, 0) is 24.7 Å². The van der Waals surface area contributed by atoms with E-state index in [4.69, 9.17) is 21.6 Å². The van der Waals surface area contributed by atoms with E-state index in [9.17, 15) is 0 Å². The molecule has 28 heavy (non-hydrogen) atoms. The molecule has 0 bridgehead atoms. The van der Waals surface area contributed by atoms with Crippen LogP contribution in [0, 0.1) is 0 Å². The summed E-state index contributed by atoms with van der Waals surface area (Å²) in [6, 6.07) is 20.1. The van der Waals surface area contributed by atoms with Crippen LogP contribution in [0.3, 0.4) is 0 Å². The summed E-state index contributed by atoms with van der Waals surface area (Å²) in [7, 11) is 2.15. The molecule has 1 aromatic heterocycles. The third-order valence-corrected chi connectivity index (χ3v) is 5.21. The van der Waals surface area contributed by atoms with Crippen LogP contribution < -0.4 is 10.2 Å². The van der Waals surface area contributed by atoms with Gasteiger partial charge in [0, 0.05) is 49.4 Å². The minimum Gasteiger partial charge on any atom is -0.366 e. The van der Waals surface area contributed by atoms with Crippen molar-refractivity contribution in [1.82, 2.24) is 14.9 Å². The summed E-state index contributed by atoms with van der Waals surface area (Å²) in [4.78, 5) is 14.3. The number of anilines is 2. The SMILES string of the molecule is CN1CCN(c2nc(NCc3ccc(Cl)cc3)cc(-c3ccccc3)n2)CC1. The number of likely N-dealkylation sites (N-methyl/N-ethyl adjacent to an activating group) is 1. The van der Waals surface area contributed by atoms with E-state index in [1.807, 2.05) is 48.5 Å². The second-order valence-corrected chi connectivity index (χ2v) is 7.51. The number of nitrogens with zero attached hydrogens (tertiary/aromatic N) is 4. The molecule has 1 N–H and O–H groups in total. The molecular weight excluding hydrogens is 370 g/mol. The zero-order valence-electron chi connectivity index (χ0n) is 16.0. The fourth-order valence-electron chi connectivity index (χ4n) is 3.22. The lowest BCUT2D eigenvalue weighted by Crippen LogP contribution is -2.45. The number of nitrogens with one attached hydrogen (secondary N) is 1. The van der Waals surface area contributed by atoms with Gasteiger partial charge in [-0.2, -0.15) is 4.98 Å². The minimum absolute atomic E-state index is 0.685. The second-order valence-electron chi connectivity index (χ2n) is 7.07. The van der Waals surface area contributed by atoms with Crippen LogP contribution in [0.4, 0.5) is 11.8 Å². The summed E-state index contributed by atoms with van der Waals surface area (Å²) in [6.45, 7) is 4.60. The molecule has 1 saturated heterocycles. The molecule has 0 spiro atoms. The maximum Gasteiger partial charge on any atom is 0.227 e. The van der Waals surface area contributed by atoms with Gasteiger partial charge in [-0.3, -0.25) is 0 Å². The van der Waals surface area contributed by atoms with Gasteiger partial charge in [0.15, 0.2) is 0 Å². The molecule has 1 fully saturated rings. The molecule has 3 aromatic rings. The normalized spacial score (nSPS) is 14.9. The van der Waals surface area contributed by atoms with Crippen molar-refractivity contribution in [3.8, 4) is 11.3 Å². The lowest BCUT2D eigenvalue weighted by molar-refractivity contribution is 0.311. The van der Waals surface area contributed by atoms with Crippen LogP contribution in [0.25, 0.3) is 11.3 Å². The lowest BCUT2D eigenvalue weighted by Gasteiger charge is -2.32. The zero-order valence-corrected chi connectivity index (χ0v) is 16.7. The summed E-state index contributed by atoms with van der Waals surface area (Å²) in [5, 5.41) is 4.19. The first-order valence-electron chi connectivity index (χ1n) is 9.54. The maximum absolute atomic E-state index is 5.98. The van der Waals surface area contributed by atoms with Gasteiger partial charge in [0.1, 0.15) is 5.82 Å². The third kappa shape index (κ3) is 4.61. The first kappa shape index (κ1) is 18.7. The van der Waals surface area contributed by atoms with Gasteiger partial charge in [-0.1, -0.05) is 54.1 Å². The van der Waals surface area contributed by atoms with E-state index in [2.05, 4.69) is 34.3 Å². The smallest absolute Gasteiger partial charge is 0.227 e. The first-order valence-corrected chi connectivity index (χ1v) is 9.91. The second kappa shape index (κ2) is 8.59. The van der Waals surface area contributed by atoms with Gasteiger partial charge in [0.25, 0.3) is 0 Å². The van der Waals surface area contributed by atoms with E-state index in [0.29, 0.717) is 6.54 Å². The van der Waals surface area contributed by atoms with Crippen molar-refractivity contribution in [3.05, 3.63) is 71.2 Å². The third-order valence-electron chi connectivity index (χ3n) is 4.96. The Morgan fingerprint density at radius 3 is 2.36 bits per heavy atom. The van der Waals surface area contributed by atoms with Crippen LogP contribution in [0.5, 0.6) is 0 Å². The molecule has 2 aromatic carbocycles. The van der Waals surface area contributed by atoms with E-state index in [-0.39, 0.29) is 0 Å². The fourth-order valence-corrected chi connectivity index (χ4v) is 3.35. The quantitative estimate of drug-likeness (QED) is 0.705. The average Bonchev–Trinajstić information content (AvgIpc) is 2.74. The number of benzene rings is 2. The topological polar surface area (TPSA) is 44.3 Å². The van der Waals surface area contributed by atoms with Gasteiger partial charge >= 0.3 is 0 Å². The summed E-state index contributed by atoms with van der Waals surface area (Å²) in [6.07, 6.45) is 0. The number of aromatic nitrogens is 2. The van der Waals surface area contributed by atoms with Crippen molar-refractivity contribution in [2.24, 2.45) is 0 Å². The van der Waals surface area contributed by atoms with E-state index in [1.54, 1.807) is 0 Å². The first-order chi connectivity index (χ1) is 13.7. The Morgan fingerprint density at radius 1 is 0.929 bits per heavy atom. The molecule has 5 nitrogen and oxygen atoms in total. The number of hydrogen-bond donors (Lipinski definition) is 1. The zero-order chi connectivity index (χ0) is 19.3. The predicted molar refractivity (Wildman–Crippen MR) is 116 cm³/mol. The van der Waals surface area contributed by atoms with E-state index in [0.717, 1.165) is 59.8 Å².